The number of ether oxygens (including phenoxy) is 1. The number of aliphatic hydroxyl groups excluding tert-OH is 1. The van der Waals surface area contributed by atoms with Crippen LogP contribution in [0, 0.1) is 5.82 Å². The van der Waals surface area contributed by atoms with Crippen LogP contribution >= 0.6 is 23.7 Å². The fourth-order valence-electron chi connectivity index (χ4n) is 4.81. The first-order valence-electron chi connectivity index (χ1n) is 11.6. The van der Waals surface area contributed by atoms with Crippen LogP contribution in [0.1, 0.15) is 41.2 Å². The highest BCUT2D eigenvalue weighted by Gasteiger charge is 2.24. The third-order valence-corrected chi connectivity index (χ3v) is 7.71. The molecule has 7 nitrogen and oxygen atoms in total. The smallest absolute Gasteiger partial charge is 0.251 e. The van der Waals surface area contributed by atoms with E-state index < -0.39 is 6.10 Å². The number of imidazole rings is 1. The number of nitrogens with zero attached hydrogens (tertiary/aromatic N) is 2. The molecule has 2 atom stereocenters. The number of carbonyl (C=O) groups is 1. The van der Waals surface area contributed by atoms with Crippen molar-refractivity contribution in [3.63, 3.8) is 0 Å². The minimum atomic E-state index is -0.394. The van der Waals surface area contributed by atoms with Crippen molar-refractivity contribution in [2.45, 2.75) is 37.5 Å². The molecule has 4 heterocycles. The van der Waals surface area contributed by atoms with Gasteiger partial charge in [-0.05, 0) is 55.2 Å². The number of rotatable bonds is 4. The Bertz CT molecular complexity index is 1380. The zero-order valence-electron chi connectivity index (χ0n) is 18.9. The van der Waals surface area contributed by atoms with Gasteiger partial charge in [-0.25, -0.2) is 9.37 Å². The van der Waals surface area contributed by atoms with E-state index in [-0.39, 0.29) is 36.2 Å². The van der Waals surface area contributed by atoms with Gasteiger partial charge in [0.25, 0.3) is 5.91 Å². The third kappa shape index (κ3) is 4.66. The summed E-state index contributed by atoms with van der Waals surface area (Å²) in [6, 6.07) is 10.9. The highest BCUT2D eigenvalue weighted by molar-refractivity contribution is 7.23. The summed E-state index contributed by atoms with van der Waals surface area (Å²) in [4.78, 5) is 18.1. The first-order chi connectivity index (χ1) is 16.5. The van der Waals surface area contributed by atoms with Gasteiger partial charge in [0, 0.05) is 49.2 Å². The van der Waals surface area contributed by atoms with Crippen molar-refractivity contribution in [1.82, 2.24) is 20.0 Å². The molecule has 184 valence electrons. The molecular weight excluding hydrogens is 491 g/mol. The average molecular weight is 517 g/mol. The van der Waals surface area contributed by atoms with Gasteiger partial charge in [0.2, 0.25) is 0 Å². The lowest BCUT2D eigenvalue weighted by Gasteiger charge is -2.23. The van der Waals surface area contributed by atoms with E-state index in [1.54, 1.807) is 6.07 Å². The number of nitrogens with one attached hydrogen (secondary N) is 2. The SMILES string of the molecule is Cl.O=C(NC1CCOCC1)c1ccc2c(c1)sc1nc(-c3ccc([C@H]4C[C@@H](O)CN4)cc3F)cn12. The van der Waals surface area contributed by atoms with Gasteiger partial charge in [-0.1, -0.05) is 17.4 Å². The number of benzene rings is 2. The van der Waals surface area contributed by atoms with E-state index in [0.717, 1.165) is 33.6 Å². The van der Waals surface area contributed by atoms with Crippen LogP contribution in [0.2, 0.25) is 0 Å². The van der Waals surface area contributed by atoms with Crippen molar-refractivity contribution in [1.29, 1.82) is 0 Å². The Balaban J connectivity index is 0.00000253. The van der Waals surface area contributed by atoms with Gasteiger partial charge in [0.15, 0.2) is 4.96 Å². The van der Waals surface area contributed by atoms with Crippen molar-refractivity contribution in [3.8, 4) is 11.3 Å². The minimum absolute atomic E-state index is 0. The Morgan fingerprint density at radius 2 is 2.06 bits per heavy atom. The summed E-state index contributed by atoms with van der Waals surface area (Å²) in [5.41, 5.74) is 3.39. The maximum absolute atomic E-state index is 15.0. The second kappa shape index (κ2) is 9.83. The Morgan fingerprint density at radius 3 is 2.80 bits per heavy atom. The van der Waals surface area contributed by atoms with Crippen LogP contribution < -0.4 is 10.6 Å². The Kier molecular flexibility index (Phi) is 6.78. The van der Waals surface area contributed by atoms with E-state index in [2.05, 4.69) is 15.6 Å². The monoisotopic (exact) mass is 516 g/mol. The lowest BCUT2D eigenvalue weighted by molar-refractivity contribution is 0.0696. The number of fused-ring (bicyclic) bond motifs is 3. The molecule has 0 spiro atoms. The molecule has 1 amide bonds. The first-order valence-corrected chi connectivity index (χ1v) is 12.4. The summed E-state index contributed by atoms with van der Waals surface area (Å²) < 4.78 is 23.2. The van der Waals surface area contributed by atoms with Gasteiger partial charge >= 0.3 is 0 Å². The van der Waals surface area contributed by atoms with Gasteiger partial charge in [0.05, 0.1) is 22.0 Å². The predicted octanol–water partition coefficient (Wildman–Crippen LogP) is 4.08. The normalized spacial score (nSPS) is 20.9. The van der Waals surface area contributed by atoms with Gasteiger partial charge in [-0.15, -0.1) is 12.4 Å². The van der Waals surface area contributed by atoms with Gasteiger partial charge < -0.3 is 20.5 Å². The summed E-state index contributed by atoms with van der Waals surface area (Å²) in [6.07, 6.45) is 3.70. The molecule has 2 fully saturated rings. The fraction of sp³-hybridized carbons (Fsp3) is 0.360. The fourth-order valence-corrected chi connectivity index (χ4v) is 5.86. The Hall–Kier alpha value is -2.56. The summed E-state index contributed by atoms with van der Waals surface area (Å²) in [6.45, 7) is 1.88. The number of carbonyl (C=O) groups excluding carboxylic acids is 1. The molecule has 35 heavy (non-hydrogen) atoms. The molecular formula is C25H26ClFN4O3S. The van der Waals surface area contributed by atoms with Crippen molar-refractivity contribution >= 4 is 44.8 Å². The molecule has 2 aliphatic heterocycles. The van der Waals surface area contributed by atoms with Crippen LogP contribution in [0.4, 0.5) is 4.39 Å². The molecule has 3 N–H and O–H groups in total. The van der Waals surface area contributed by atoms with Gasteiger partial charge in [-0.2, -0.15) is 0 Å². The molecule has 2 saturated heterocycles. The highest BCUT2D eigenvalue weighted by atomic mass is 35.5. The van der Waals surface area contributed by atoms with E-state index in [9.17, 15) is 14.3 Å². The maximum atomic E-state index is 15.0. The second-order valence-corrected chi connectivity index (χ2v) is 10.0. The largest absolute Gasteiger partial charge is 0.392 e. The van der Waals surface area contributed by atoms with Crippen LogP contribution in [0.15, 0.2) is 42.6 Å². The molecule has 4 aromatic rings. The zero-order chi connectivity index (χ0) is 23.2. The number of halogens is 2. The molecule has 6 rings (SSSR count). The summed E-state index contributed by atoms with van der Waals surface area (Å²) in [5.74, 6) is -0.408. The minimum Gasteiger partial charge on any atom is -0.392 e. The van der Waals surface area contributed by atoms with Crippen molar-refractivity contribution in [2.75, 3.05) is 19.8 Å². The van der Waals surface area contributed by atoms with Crippen LogP contribution in [0.3, 0.4) is 0 Å². The predicted molar refractivity (Wildman–Crippen MR) is 136 cm³/mol. The van der Waals surface area contributed by atoms with Gasteiger partial charge in [-0.3, -0.25) is 9.20 Å². The topological polar surface area (TPSA) is 87.9 Å². The highest BCUT2D eigenvalue weighted by Crippen LogP contribution is 2.33. The Labute approximate surface area is 211 Å². The maximum Gasteiger partial charge on any atom is 0.251 e. The Morgan fingerprint density at radius 1 is 1.23 bits per heavy atom. The van der Waals surface area contributed by atoms with Gasteiger partial charge in [0.1, 0.15) is 5.82 Å². The number of hydrogen-bond acceptors (Lipinski definition) is 6. The van der Waals surface area contributed by atoms with E-state index >= 15 is 0 Å². The number of β-amino-alcohol motifs (C(OH)–C–C–N with tert-alkyl or cyclic N) is 1. The summed E-state index contributed by atoms with van der Waals surface area (Å²) in [7, 11) is 0. The average Bonchev–Trinajstić information content (AvgIpc) is 3.53. The molecule has 0 radical (unpaired) electrons. The summed E-state index contributed by atoms with van der Waals surface area (Å²) in [5, 5.41) is 16.0. The van der Waals surface area contributed by atoms with E-state index in [1.165, 1.54) is 17.4 Å². The van der Waals surface area contributed by atoms with Crippen molar-refractivity contribution in [3.05, 3.63) is 59.5 Å². The number of aliphatic hydroxyl groups is 1. The van der Waals surface area contributed by atoms with Crippen LogP contribution in [0.25, 0.3) is 26.4 Å². The van der Waals surface area contributed by atoms with Crippen molar-refractivity contribution < 1.29 is 19.0 Å². The summed E-state index contributed by atoms with van der Waals surface area (Å²) >= 11 is 1.48. The van der Waals surface area contributed by atoms with Crippen LogP contribution in [-0.2, 0) is 4.74 Å². The van der Waals surface area contributed by atoms with E-state index in [1.807, 2.05) is 34.9 Å². The first kappa shape index (κ1) is 24.1. The lowest BCUT2D eigenvalue weighted by Crippen LogP contribution is -2.38. The lowest BCUT2D eigenvalue weighted by atomic mass is 10.0. The molecule has 0 unspecified atom stereocenters. The molecule has 0 aliphatic carbocycles. The zero-order valence-corrected chi connectivity index (χ0v) is 20.5. The molecule has 2 aromatic heterocycles. The van der Waals surface area contributed by atoms with Crippen LogP contribution in [0.5, 0.6) is 0 Å². The molecule has 2 aliphatic rings. The van der Waals surface area contributed by atoms with E-state index in [0.29, 0.717) is 43.0 Å². The second-order valence-electron chi connectivity index (χ2n) is 9.01. The van der Waals surface area contributed by atoms with E-state index in [4.69, 9.17) is 4.74 Å². The standard InChI is InChI=1S/C25H25FN4O3S.ClH/c26-19-9-14(20-11-17(31)12-27-20)1-3-18(19)21-13-30-22-4-2-15(10-23(22)34-25(30)29-21)24(32)28-16-5-7-33-8-6-16;/h1-4,9-10,13,16-17,20,27,31H,5-8,11-12H2,(H,28,32);1H/t17-,20-;/m1./s1. The number of thiazole rings is 1. The molecule has 10 heteroatoms. The third-order valence-electron chi connectivity index (χ3n) is 6.69. The number of aromatic nitrogens is 2. The number of hydrogen-bond donors (Lipinski definition) is 3. The van der Waals surface area contributed by atoms with Crippen LogP contribution in [-0.4, -0.2) is 52.3 Å². The quantitative estimate of drug-likeness (QED) is 0.380. The number of amides is 1. The molecule has 0 bridgehead atoms. The molecule has 2 aromatic carbocycles. The molecule has 0 saturated carbocycles. The van der Waals surface area contributed by atoms with Crippen molar-refractivity contribution in [2.24, 2.45) is 0 Å².